The van der Waals surface area contributed by atoms with Gasteiger partial charge in [0.2, 0.25) is 0 Å². The van der Waals surface area contributed by atoms with E-state index >= 15 is 0 Å². The average molecular weight is 202 g/mol. The van der Waals surface area contributed by atoms with Crippen LogP contribution in [-0.4, -0.2) is 16.0 Å². The molecule has 0 fully saturated rings. The van der Waals surface area contributed by atoms with Crippen molar-refractivity contribution in [3.05, 3.63) is 27.1 Å². The van der Waals surface area contributed by atoms with Crippen molar-refractivity contribution in [1.29, 1.82) is 0 Å². The van der Waals surface area contributed by atoms with Gasteiger partial charge in [-0.15, -0.1) is 0 Å². The number of rotatable bonds is 3. The Morgan fingerprint density at radius 1 is 1.69 bits per heavy atom. The summed E-state index contributed by atoms with van der Waals surface area (Å²) < 4.78 is 0. The van der Waals surface area contributed by atoms with E-state index < -0.39 is 16.9 Å². The Morgan fingerprint density at radius 3 is 2.69 bits per heavy atom. The molecule has 7 heteroatoms. The maximum atomic E-state index is 10.4. The van der Waals surface area contributed by atoms with Gasteiger partial charge in [0.25, 0.3) is 0 Å². The molecule has 0 radical (unpaired) electrons. The number of nitrogens with zero attached hydrogens (tertiary/aromatic N) is 1. The zero-order valence-electron chi connectivity index (χ0n) is 6.34. The highest BCUT2D eigenvalue weighted by molar-refractivity contribution is 7.15. The van der Waals surface area contributed by atoms with Gasteiger partial charge in [0.1, 0.15) is 6.04 Å². The summed E-state index contributed by atoms with van der Waals surface area (Å²) in [6.45, 7) is 0. The van der Waals surface area contributed by atoms with E-state index in [1.165, 1.54) is 12.1 Å². The molecule has 0 saturated heterocycles. The highest BCUT2D eigenvalue weighted by atomic mass is 32.1. The lowest BCUT2D eigenvalue weighted by molar-refractivity contribution is -0.380. The fraction of sp³-hybridized carbons (Fsp3) is 0.167. The summed E-state index contributed by atoms with van der Waals surface area (Å²) in [5.41, 5.74) is 5.24. The smallest absolute Gasteiger partial charge is 0.325 e. The van der Waals surface area contributed by atoms with E-state index in [2.05, 4.69) is 0 Å². The summed E-state index contributed by atoms with van der Waals surface area (Å²) in [6, 6.07) is 1.41. The molecule has 0 aliphatic carbocycles. The number of carbonyl (C=O) groups is 1. The first kappa shape index (κ1) is 9.62. The molecule has 6 nitrogen and oxygen atoms in total. The quantitative estimate of drug-likeness (QED) is 0.555. The lowest BCUT2D eigenvalue weighted by Gasteiger charge is -1.99. The van der Waals surface area contributed by atoms with Crippen LogP contribution in [0.15, 0.2) is 12.1 Å². The topological polar surface area (TPSA) is 106 Å². The Labute approximate surface area is 76.8 Å². The minimum Gasteiger partial charge on any atom is -0.480 e. The van der Waals surface area contributed by atoms with Crippen LogP contribution in [0.5, 0.6) is 0 Å². The molecule has 3 N–H and O–H groups in total. The first-order valence-electron chi connectivity index (χ1n) is 3.25. The Hall–Kier alpha value is -1.47. The fourth-order valence-electron chi connectivity index (χ4n) is 0.729. The lowest BCUT2D eigenvalue weighted by atomic mass is 10.3. The lowest BCUT2D eigenvalue weighted by Crippen LogP contribution is -2.19. The van der Waals surface area contributed by atoms with Crippen molar-refractivity contribution in [3.63, 3.8) is 0 Å². The van der Waals surface area contributed by atoms with Gasteiger partial charge in [0, 0.05) is 10.9 Å². The largest absolute Gasteiger partial charge is 0.480 e. The Kier molecular flexibility index (Phi) is 2.59. The van der Waals surface area contributed by atoms with Crippen LogP contribution in [0.25, 0.3) is 0 Å². The summed E-state index contributed by atoms with van der Waals surface area (Å²) >= 11 is 0.772. The Bertz CT molecular complexity index is 348. The first-order chi connectivity index (χ1) is 6.02. The van der Waals surface area contributed by atoms with Crippen molar-refractivity contribution in [2.24, 2.45) is 5.73 Å². The summed E-state index contributed by atoms with van der Waals surface area (Å²) in [5, 5.41) is 18.6. The minimum absolute atomic E-state index is 0.105. The molecule has 0 aromatic carbocycles. The van der Waals surface area contributed by atoms with Crippen LogP contribution < -0.4 is 5.73 Å². The third-order valence-electron chi connectivity index (χ3n) is 1.37. The van der Waals surface area contributed by atoms with Crippen LogP contribution in [0.4, 0.5) is 5.00 Å². The van der Waals surface area contributed by atoms with Crippen LogP contribution in [0.1, 0.15) is 10.9 Å². The number of nitro groups is 1. The van der Waals surface area contributed by atoms with Gasteiger partial charge >= 0.3 is 11.0 Å². The molecule has 1 atom stereocenters. The zero-order valence-corrected chi connectivity index (χ0v) is 7.15. The van der Waals surface area contributed by atoms with Crippen molar-refractivity contribution >= 4 is 22.3 Å². The number of carboxylic acids is 1. The molecule has 70 valence electrons. The van der Waals surface area contributed by atoms with Gasteiger partial charge in [0.05, 0.1) is 4.92 Å². The number of aliphatic carboxylic acids is 1. The zero-order chi connectivity index (χ0) is 10.0. The van der Waals surface area contributed by atoms with Gasteiger partial charge in [-0.2, -0.15) is 0 Å². The summed E-state index contributed by atoms with van der Waals surface area (Å²) in [6.07, 6.45) is 0. The third-order valence-corrected chi connectivity index (χ3v) is 2.49. The number of hydrogen-bond donors (Lipinski definition) is 2. The summed E-state index contributed by atoms with van der Waals surface area (Å²) in [7, 11) is 0. The molecule has 0 amide bonds. The van der Waals surface area contributed by atoms with Crippen LogP contribution in [0, 0.1) is 10.1 Å². The maximum Gasteiger partial charge on any atom is 0.325 e. The number of hydrogen-bond acceptors (Lipinski definition) is 5. The van der Waals surface area contributed by atoms with E-state index in [0.29, 0.717) is 0 Å². The molecule has 1 unspecified atom stereocenters. The van der Waals surface area contributed by atoms with Gasteiger partial charge in [0.15, 0.2) is 0 Å². The molecule has 0 aliphatic rings. The predicted octanol–water partition coefficient (Wildman–Crippen LogP) is 0.741. The van der Waals surface area contributed by atoms with Gasteiger partial charge in [-0.3, -0.25) is 14.9 Å². The molecule has 0 spiro atoms. The molecular weight excluding hydrogens is 196 g/mol. The SMILES string of the molecule is NC(C(=O)O)c1ccc([N+](=O)[O-])s1. The second-order valence-corrected chi connectivity index (χ2v) is 3.34. The van der Waals surface area contributed by atoms with Crippen molar-refractivity contribution < 1.29 is 14.8 Å². The molecule has 1 rings (SSSR count). The van der Waals surface area contributed by atoms with E-state index in [0.717, 1.165) is 11.3 Å². The number of carboxylic acid groups (broad SMARTS) is 1. The molecule has 0 saturated carbocycles. The highest BCUT2D eigenvalue weighted by Crippen LogP contribution is 2.27. The number of thiophene rings is 1. The first-order valence-corrected chi connectivity index (χ1v) is 4.06. The molecule has 1 aromatic heterocycles. The van der Waals surface area contributed by atoms with Crippen molar-refractivity contribution in [3.8, 4) is 0 Å². The van der Waals surface area contributed by atoms with Crippen LogP contribution in [-0.2, 0) is 4.79 Å². The van der Waals surface area contributed by atoms with E-state index in [1.54, 1.807) is 0 Å². The average Bonchev–Trinajstić information content (AvgIpc) is 2.50. The summed E-state index contributed by atoms with van der Waals surface area (Å²) in [5.74, 6) is -1.20. The van der Waals surface area contributed by atoms with Crippen LogP contribution >= 0.6 is 11.3 Å². The molecular formula is C6H6N2O4S. The van der Waals surface area contributed by atoms with E-state index in [9.17, 15) is 14.9 Å². The minimum atomic E-state index is -1.20. The molecule has 13 heavy (non-hydrogen) atoms. The molecule has 0 bridgehead atoms. The van der Waals surface area contributed by atoms with Gasteiger partial charge in [-0.25, -0.2) is 0 Å². The number of nitrogens with two attached hydrogens (primary N) is 1. The predicted molar refractivity (Wildman–Crippen MR) is 45.5 cm³/mol. The second-order valence-electron chi connectivity index (χ2n) is 2.25. The van der Waals surface area contributed by atoms with Gasteiger partial charge in [-0.1, -0.05) is 11.3 Å². The van der Waals surface area contributed by atoms with E-state index in [-0.39, 0.29) is 9.88 Å². The molecule has 0 aliphatic heterocycles. The fourth-order valence-corrected chi connectivity index (χ4v) is 1.55. The summed E-state index contributed by atoms with van der Waals surface area (Å²) in [4.78, 5) is 20.3. The monoisotopic (exact) mass is 202 g/mol. The molecule has 1 aromatic rings. The van der Waals surface area contributed by atoms with Crippen molar-refractivity contribution in [2.45, 2.75) is 6.04 Å². The van der Waals surface area contributed by atoms with Crippen molar-refractivity contribution in [2.75, 3.05) is 0 Å². The Balaban J connectivity index is 2.91. The van der Waals surface area contributed by atoms with E-state index in [4.69, 9.17) is 10.8 Å². The standard InChI is InChI=1S/C6H6N2O4S/c7-5(6(9)10)3-1-2-4(13-3)8(11)12/h1-2,5H,7H2,(H,9,10). The van der Waals surface area contributed by atoms with Crippen molar-refractivity contribution in [1.82, 2.24) is 0 Å². The van der Waals surface area contributed by atoms with Crippen LogP contribution in [0.3, 0.4) is 0 Å². The third kappa shape index (κ3) is 2.01. The van der Waals surface area contributed by atoms with Gasteiger partial charge in [-0.05, 0) is 6.07 Å². The maximum absolute atomic E-state index is 10.4. The van der Waals surface area contributed by atoms with E-state index in [1.807, 2.05) is 0 Å². The normalized spacial score (nSPS) is 12.4. The van der Waals surface area contributed by atoms with Crippen LogP contribution in [0.2, 0.25) is 0 Å². The highest BCUT2D eigenvalue weighted by Gasteiger charge is 2.19. The second kappa shape index (κ2) is 3.50. The Morgan fingerprint density at radius 2 is 2.31 bits per heavy atom. The molecule has 1 heterocycles. The van der Waals surface area contributed by atoms with Gasteiger partial charge < -0.3 is 10.8 Å².